The number of benzene rings is 1. The second kappa shape index (κ2) is 10.4. The molecule has 0 radical (unpaired) electrons. The number of ether oxygens (including phenoxy) is 2. The molecule has 0 spiro atoms. The Labute approximate surface area is 198 Å². The van der Waals surface area contributed by atoms with Crippen molar-refractivity contribution < 1.29 is 23.8 Å². The molecule has 0 saturated carbocycles. The lowest BCUT2D eigenvalue weighted by molar-refractivity contribution is -0.131. The fourth-order valence-electron chi connectivity index (χ4n) is 3.40. The Morgan fingerprint density at radius 3 is 2.59 bits per heavy atom. The minimum Gasteiger partial charge on any atom is -0.497 e. The molecular weight excluding hydrogens is 437 g/mol. The van der Waals surface area contributed by atoms with E-state index in [9.17, 15) is 9.18 Å². The molecule has 8 heteroatoms. The van der Waals surface area contributed by atoms with Crippen molar-refractivity contribution in [3.63, 3.8) is 0 Å². The largest absolute Gasteiger partial charge is 0.497 e. The van der Waals surface area contributed by atoms with E-state index in [1.807, 2.05) is 6.07 Å². The predicted octanol–water partition coefficient (Wildman–Crippen LogP) is 5.26. The number of aliphatic carboxylic acids is 1. The van der Waals surface area contributed by atoms with E-state index in [2.05, 4.69) is 30.7 Å². The third kappa shape index (κ3) is 6.37. The molecule has 0 aliphatic heterocycles. The number of hydrogen-bond acceptors (Lipinski definition) is 6. The number of methoxy groups -OCH3 is 1. The predicted molar refractivity (Wildman–Crippen MR) is 127 cm³/mol. The summed E-state index contributed by atoms with van der Waals surface area (Å²) in [7, 11) is 1.55. The number of carbonyl (C=O) groups is 1. The molecule has 2 aromatic heterocycles. The smallest absolute Gasteiger partial charge is 0.328 e. The van der Waals surface area contributed by atoms with Gasteiger partial charge in [0.05, 0.1) is 18.5 Å². The third-order valence-electron chi connectivity index (χ3n) is 5.01. The molecule has 34 heavy (non-hydrogen) atoms. The van der Waals surface area contributed by atoms with Crippen LogP contribution < -0.4 is 9.47 Å². The number of pyridine rings is 1. The normalized spacial score (nSPS) is 11.6. The molecule has 0 unspecified atom stereocenters. The summed E-state index contributed by atoms with van der Waals surface area (Å²) in [5.74, 6) is -0.511. The van der Waals surface area contributed by atoms with Gasteiger partial charge >= 0.3 is 5.97 Å². The maximum absolute atomic E-state index is 14.7. The molecule has 0 amide bonds. The lowest BCUT2D eigenvalue weighted by Crippen LogP contribution is -2.13. The lowest BCUT2D eigenvalue weighted by Gasteiger charge is -2.21. The van der Waals surface area contributed by atoms with Gasteiger partial charge in [-0.3, -0.25) is 4.98 Å². The van der Waals surface area contributed by atoms with Crippen molar-refractivity contribution in [1.29, 1.82) is 0 Å². The molecule has 3 rings (SSSR count). The number of aromatic nitrogens is 3. The summed E-state index contributed by atoms with van der Waals surface area (Å²) in [6.07, 6.45) is 4.35. The zero-order valence-corrected chi connectivity index (χ0v) is 19.9. The number of rotatable bonds is 8. The van der Waals surface area contributed by atoms with Gasteiger partial charge in [0.2, 0.25) is 5.88 Å². The first kappa shape index (κ1) is 24.8. The van der Waals surface area contributed by atoms with E-state index in [0.29, 0.717) is 46.1 Å². The molecule has 7 nitrogen and oxygen atoms in total. The van der Waals surface area contributed by atoms with Crippen LogP contribution in [0.1, 0.15) is 43.4 Å². The Hall–Kier alpha value is -3.81. The van der Waals surface area contributed by atoms with Gasteiger partial charge in [0, 0.05) is 28.5 Å². The molecule has 1 N–H and O–H groups in total. The summed E-state index contributed by atoms with van der Waals surface area (Å²) in [4.78, 5) is 23.8. The highest BCUT2D eigenvalue weighted by Crippen LogP contribution is 2.32. The van der Waals surface area contributed by atoms with E-state index in [0.717, 1.165) is 11.8 Å². The molecule has 1 aromatic carbocycles. The number of carboxylic acids is 1. The van der Waals surface area contributed by atoms with Gasteiger partial charge in [0.15, 0.2) is 0 Å². The van der Waals surface area contributed by atoms with Gasteiger partial charge in [0.1, 0.15) is 24.5 Å². The molecule has 0 fully saturated rings. The van der Waals surface area contributed by atoms with Gasteiger partial charge in [-0.15, -0.1) is 0 Å². The fourth-order valence-corrected chi connectivity index (χ4v) is 3.40. The second-order valence-electron chi connectivity index (χ2n) is 9.03. The van der Waals surface area contributed by atoms with Crippen LogP contribution in [0.15, 0.2) is 42.7 Å². The maximum atomic E-state index is 14.7. The van der Waals surface area contributed by atoms with E-state index in [-0.39, 0.29) is 17.8 Å². The standard InChI is InChI=1S/C26H28FN3O4/c1-16-22(10-11-24(31)32)28-15-29-25(16)34-14-17-6-8-19(23(30-17)13-26(2,3)4)20-12-18(33-5)7-9-21(20)27/h6-12,15H,13-14H2,1-5H3,(H,31,32)/b11-10+. The number of halogens is 1. The summed E-state index contributed by atoms with van der Waals surface area (Å²) in [5, 5.41) is 8.84. The Kier molecular flexibility index (Phi) is 7.61. The van der Waals surface area contributed by atoms with E-state index in [4.69, 9.17) is 19.6 Å². The van der Waals surface area contributed by atoms with Gasteiger partial charge in [0.25, 0.3) is 0 Å². The van der Waals surface area contributed by atoms with Crippen molar-refractivity contribution >= 4 is 12.0 Å². The summed E-state index contributed by atoms with van der Waals surface area (Å²) in [6.45, 7) is 8.18. The molecule has 2 heterocycles. The van der Waals surface area contributed by atoms with Crippen LogP contribution in [-0.4, -0.2) is 33.1 Å². The third-order valence-corrected chi connectivity index (χ3v) is 5.01. The zero-order valence-electron chi connectivity index (χ0n) is 19.9. The summed E-state index contributed by atoms with van der Waals surface area (Å²) >= 11 is 0. The van der Waals surface area contributed by atoms with E-state index in [1.165, 1.54) is 18.5 Å². The van der Waals surface area contributed by atoms with E-state index in [1.54, 1.807) is 32.2 Å². The van der Waals surface area contributed by atoms with Crippen molar-refractivity contribution in [2.45, 2.75) is 40.7 Å². The number of nitrogens with zero attached hydrogens (tertiary/aromatic N) is 3. The van der Waals surface area contributed by atoms with E-state index >= 15 is 0 Å². The summed E-state index contributed by atoms with van der Waals surface area (Å²) < 4.78 is 25.9. The highest BCUT2D eigenvalue weighted by atomic mass is 19.1. The molecule has 0 aliphatic carbocycles. The molecular formula is C26H28FN3O4. The van der Waals surface area contributed by atoms with Crippen LogP contribution in [0.4, 0.5) is 4.39 Å². The van der Waals surface area contributed by atoms with Crippen molar-refractivity contribution in [2.75, 3.05) is 7.11 Å². The van der Waals surface area contributed by atoms with Crippen LogP contribution in [-0.2, 0) is 17.8 Å². The Bertz CT molecular complexity index is 1220. The Morgan fingerprint density at radius 2 is 1.91 bits per heavy atom. The molecule has 178 valence electrons. The van der Waals surface area contributed by atoms with Gasteiger partial charge in [-0.1, -0.05) is 26.8 Å². The van der Waals surface area contributed by atoms with Crippen LogP contribution >= 0.6 is 0 Å². The van der Waals surface area contributed by atoms with Crippen LogP contribution in [0.3, 0.4) is 0 Å². The van der Waals surface area contributed by atoms with Gasteiger partial charge in [-0.05, 0) is 49.1 Å². The summed E-state index contributed by atoms with van der Waals surface area (Å²) in [5.41, 5.74) is 3.54. The molecule has 0 saturated heterocycles. The van der Waals surface area contributed by atoms with Crippen LogP contribution in [0, 0.1) is 18.2 Å². The van der Waals surface area contributed by atoms with Crippen molar-refractivity contribution in [3.05, 3.63) is 71.2 Å². The highest BCUT2D eigenvalue weighted by Gasteiger charge is 2.19. The van der Waals surface area contributed by atoms with Gasteiger partial charge < -0.3 is 14.6 Å². The van der Waals surface area contributed by atoms with Crippen molar-refractivity contribution in [2.24, 2.45) is 5.41 Å². The monoisotopic (exact) mass is 465 g/mol. The average molecular weight is 466 g/mol. The Morgan fingerprint density at radius 1 is 1.15 bits per heavy atom. The first-order chi connectivity index (χ1) is 16.1. The average Bonchev–Trinajstić information content (AvgIpc) is 2.77. The van der Waals surface area contributed by atoms with Crippen LogP contribution in [0.25, 0.3) is 17.2 Å². The lowest BCUT2D eigenvalue weighted by atomic mass is 9.87. The number of carboxylic acid groups (broad SMARTS) is 1. The highest BCUT2D eigenvalue weighted by molar-refractivity contribution is 5.85. The minimum absolute atomic E-state index is 0.0782. The molecule has 0 atom stereocenters. The summed E-state index contributed by atoms with van der Waals surface area (Å²) in [6, 6.07) is 8.29. The maximum Gasteiger partial charge on any atom is 0.328 e. The first-order valence-corrected chi connectivity index (χ1v) is 10.8. The SMILES string of the molecule is COc1ccc(F)c(-c2ccc(COc3ncnc(/C=C/C(=O)O)c3C)nc2CC(C)(C)C)c1. The second-order valence-corrected chi connectivity index (χ2v) is 9.03. The van der Waals surface area contributed by atoms with Crippen LogP contribution in [0.5, 0.6) is 11.6 Å². The topological polar surface area (TPSA) is 94.4 Å². The minimum atomic E-state index is -1.07. The molecule has 3 aromatic rings. The molecule has 0 aliphatic rings. The van der Waals surface area contributed by atoms with Crippen molar-refractivity contribution in [1.82, 2.24) is 15.0 Å². The van der Waals surface area contributed by atoms with Crippen LogP contribution in [0.2, 0.25) is 0 Å². The number of hydrogen-bond donors (Lipinski definition) is 1. The van der Waals surface area contributed by atoms with E-state index < -0.39 is 5.97 Å². The zero-order chi connectivity index (χ0) is 24.9. The first-order valence-electron chi connectivity index (χ1n) is 10.8. The quantitative estimate of drug-likeness (QED) is 0.454. The molecule has 0 bridgehead atoms. The Balaban J connectivity index is 1.92. The van der Waals surface area contributed by atoms with Gasteiger partial charge in [-0.2, -0.15) is 0 Å². The van der Waals surface area contributed by atoms with Gasteiger partial charge in [-0.25, -0.2) is 19.2 Å². The fraction of sp³-hybridized carbons (Fsp3) is 0.308. The van der Waals surface area contributed by atoms with Crippen molar-refractivity contribution in [3.8, 4) is 22.8 Å².